The molecular formula is C19H22O2. The molecule has 1 fully saturated rings. The van der Waals surface area contributed by atoms with Crippen LogP contribution in [0.4, 0.5) is 0 Å². The molecule has 0 aromatic heterocycles. The highest BCUT2D eigenvalue weighted by molar-refractivity contribution is 5.34. The first kappa shape index (κ1) is 14.3. The van der Waals surface area contributed by atoms with E-state index < -0.39 is 11.2 Å². The monoisotopic (exact) mass is 282 g/mol. The lowest BCUT2D eigenvalue weighted by Crippen LogP contribution is -2.51. The molecule has 0 bridgehead atoms. The molecule has 1 saturated heterocycles. The van der Waals surface area contributed by atoms with E-state index in [0.717, 1.165) is 30.4 Å². The highest BCUT2D eigenvalue weighted by atomic mass is 16.5. The number of hydrogen-bond acceptors (Lipinski definition) is 2. The first-order chi connectivity index (χ1) is 10.2. The van der Waals surface area contributed by atoms with Crippen LogP contribution >= 0.6 is 0 Å². The van der Waals surface area contributed by atoms with E-state index in [1.165, 1.54) is 0 Å². The van der Waals surface area contributed by atoms with Gasteiger partial charge in [0.25, 0.3) is 0 Å². The Morgan fingerprint density at radius 1 is 0.952 bits per heavy atom. The van der Waals surface area contributed by atoms with E-state index in [9.17, 15) is 5.11 Å². The van der Waals surface area contributed by atoms with Crippen LogP contribution in [0.15, 0.2) is 60.7 Å². The van der Waals surface area contributed by atoms with E-state index in [4.69, 9.17) is 4.74 Å². The van der Waals surface area contributed by atoms with Crippen molar-refractivity contribution in [3.63, 3.8) is 0 Å². The molecule has 0 radical (unpaired) electrons. The summed E-state index contributed by atoms with van der Waals surface area (Å²) >= 11 is 0. The minimum atomic E-state index is -1.06. The molecule has 1 aliphatic rings. The van der Waals surface area contributed by atoms with E-state index in [1.54, 1.807) is 0 Å². The summed E-state index contributed by atoms with van der Waals surface area (Å²) in [5.74, 6) is 0. The van der Waals surface area contributed by atoms with E-state index in [2.05, 4.69) is 12.1 Å². The summed E-state index contributed by atoms with van der Waals surface area (Å²) in [7, 11) is 0. The summed E-state index contributed by atoms with van der Waals surface area (Å²) in [4.78, 5) is 0. The number of ether oxygens (including phenoxy) is 1. The van der Waals surface area contributed by atoms with E-state index in [-0.39, 0.29) is 0 Å². The average Bonchev–Trinajstić information content (AvgIpc) is 2.57. The maximum atomic E-state index is 11.4. The van der Waals surface area contributed by atoms with Crippen molar-refractivity contribution >= 4 is 0 Å². The fraction of sp³-hybridized carbons (Fsp3) is 0.368. The van der Waals surface area contributed by atoms with Crippen molar-refractivity contribution in [2.24, 2.45) is 0 Å². The molecular weight excluding hydrogens is 260 g/mol. The Balaban J connectivity index is 2.12. The number of benzene rings is 2. The second kappa shape index (κ2) is 5.63. The minimum Gasteiger partial charge on any atom is -0.382 e. The number of hydrogen-bond donors (Lipinski definition) is 1. The van der Waals surface area contributed by atoms with Crippen LogP contribution in [0, 0.1) is 0 Å². The van der Waals surface area contributed by atoms with Gasteiger partial charge in [-0.05, 0) is 37.3 Å². The third-order valence-electron chi connectivity index (χ3n) is 4.63. The maximum absolute atomic E-state index is 11.4. The fourth-order valence-electron chi connectivity index (χ4n) is 3.39. The summed E-state index contributed by atoms with van der Waals surface area (Å²) < 4.78 is 6.22. The maximum Gasteiger partial charge on any atom is 0.126 e. The van der Waals surface area contributed by atoms with Crippen LogP contribution in [0.25, 0.3) is 0 Å². The summed E-state index contributed by atoms with van der Waals surface area (Å²) in [6.45, 7) is 2.57. The second-order valence-corrected chi connectivity index (χ2v) is 5.94. The summed E-state index contributed by atoms with van der Waals surface area (Å²) in [5, 5.41) is 11.4. The zero-order chi connectivity index (χ0) is 14.8. The summed E-state index contributed by atoms with van der Waals surface area (Å²) in [6.07, 6.45) is 2.95. The molecule has 3 rings (SSSR count). The molecule has 0 aliphatic carbocycles. The van der Waals surface area contributed by atoms with Crippen LogP contribution in [0.1, 0.15) is 37.3 Å². The molecule has 2 aromatic carbocycles. The van der Waals surface area contributed by atoms with Gasteiger partial charge in [0.2, 0.25) is 0 Å². The molecule has 1 unspecified atom stereocenters. The third kappa shape index (κ3) is 2.39. The van der Waals surface area contributed by atoms with Gasteiger partial charge in [-0.15, -0.1) is 0 Å². The predicted octanol–water partition coefficient (Wildman–Crippen LogP) is 3.99. The van der Waals surface area contributed by atoms with Gasteiger partial charge in [0, 0.05) is 6.61 Å². The first-order valence-electron chi connectivity index (χ1n) is 7.64. The lowest BCUT2D eigenvalue weighted by molar-refractivity contribution is -0.208. The van der Waals surface area contributed by atoms with Gasteiger partial charge in [0.15, 0.2) is 0 Å². The normalized spacial score (nSPS) is 25.2. The molecule has 21 heavy (non-hydrogen) atoms. The van der Waals surface area contributed by atoms with Crippen LogP contribution in [0.2, 0.25) is 0 Å². The number of aliphatic hydroxyl groups is 1. The van der Waals surface area contributed by atoms with Gasteiger partial charge in [-0.3, -0.25) is 0 Å². The van der Waals surface area contributed by atoms with Crippen LogP contribution in [0.3, 0.4) is 0 Å². The Morgan fingerprint density at radius 3 is 2.14 bits per heavy atom. The van der Waals surface area contributed by atoms with Crippen LogP contribution in [-0.4, -0.2) is 11.7 Å². The van der Waals surface area contributed by atoms with Gasteiger partial charge < -0.3 is 9.84 Å². The molecule has 110 valence electrons. The minimum absolute atomic E-state index is 0.673. The highest BCUT2D eigenvalue weighted by Gasteiger charge is 2.51. The first-order valence-corrected chi connectivity index (χ1v) is 7.64. The van der Waals surface area contributed by atoms with Crippen LogP contribution in [0.5, 0.6) is 0 Å². The SMILES string of the molecule is CC(O)(c1ccccc1)[C@]1(c2ccccc2)CCCCO1. The van der Waals surface area contributed by atoms with Crippen LogP contribution in [-0.2, 0) is 15.9 Å². The Hall–Kier alpha value is -1.64. The zero-order valence-electron chi connectivity index (χ0n) is 12.5. The van der Waals surface area contributed by atoms with Crippen molar-refractivity contribution in [3.05, 3.63) is 71.8 Å². The Bertz CT molecular complexity index is 569. The molecule has 0 saturated carbocycles. The van der Waals surface area contributed by atoms with Gasteiger partial charge in [0.1, 0.15) is 11.2 Å². The van der Waals surface area contributed by atoms with Crippen molar-refractivity contribution in [3.8, 4) is 0 Å². The van der Waals surface area contributed by atoms with Gasteiger partial charge >= 0.3 is 0 Å². The Morgan fingerprint density at radius 2 is 1.57 bits per heavy atom. The molecule has 2 heteroatoms. The lowest BCUT2D eigenvalue weighted by atomic mass is 9.70. The predicted molar refractivity (Wildman–Crippen MR) is 83.9 cm³/mol. The van der Waals surface area contributed by atoms with Gasteiger partial charge in [0.05, 0.1) is 0 Å². The standard InChI is InChI=1S/C19H22O2/c1-18(20,16-10-4-2-5-11-16)19(14-8-9-15-21-19)17-12-6-3-7-13-17/h2-7,10-13,20H,8-9,14-15H2,1H3/t18?,19-/m1/s1. The lowest BCUT2D eigenvalue weighted by Gasteiger charge is -2.48. The molecule has 0 spiro atoms. The van der Waals surface area contributed by atoms with E-state index >= 15 is 0 Å². The van der Waals surface area contributed by atoms with E-state index in [0.29, 0.717) is 6.61 Å². The molecule has 2 nitrogen and oxygen atoms in total. The van der Waals surface area contributed by atoms with Gasteiger partial charge in [-0.1, -0.05) is 60.7 Å². The smallest absolute Gasteiger partial charge is 0.126 e. The topological polar surface area (TPSA) is 29.5 Å². The average molecular weight is 282 g/mol. The molecule has 1 heterocycles. The largest absolute Gasteiger partial charge is 0.382 e. The van der Waals surface area contributed by atoms with Gasteiger partial charge in [-0.2, -0.15) is 0 Å². The van der Waals surface area contributed by atoms with Crippen LogP contribution < -0.4 is 0 Å². The van der Waals surface area contributed by atoms with E-state index in [1.807, 2.05) is 55.5 Å². The Kier molecular flexibility index (Phi) is 3.83. The molecule has 1 N–H and O–H groups in total. The second-order valence-electron chi connectivity index (χ2n) is 5.94. The van der Waals surface area contributed by atoms with Crippen molar-refractivity contribution < 1.29 is 9.84 Å². The fourth-order valence-corrected chi connectivity index (χ4v) is 3.39. The molecule has 0 amide bonds. The molecule has 2 atom stereocenters. The third-order valence-corrected chi connectivity index (χ3v) is 4.63. The van der Waals surface area contributed by atoms with Crippen molar-refractivity contribution in [1.82, 2.24) is 0 Å². The zero-order valence-corrected chi connectivity index (χ0v) is 12.5. The van der Waals surface area contributed by atoms with Crippen molar-refractivity contribution in [1.29, 1.82) is 0 Å². The summed E-state index contributed by atoms with van der Waals surface area (Å²) in [6, 6.07) is 20.0. The molecule has 2 aromatic rings. The summed E-state index contributed by atoms with van der Waals surface area (Å²) in [5.41, 5.74) is 0.221. The Labute approximate surface area is 126 Å². The van der Waals surface area contributed by atoms with Crippen molar-refractivity contribution in [2.45, 2.75) is 37.4 Å². The molecule has 1 aliphatic heterocycles. The quantitative estimate of drug-likeness (QED) is 0.922. The van der Waals surface area contributed by atoms with Crippen molar-refractivity contribution in [2.75, 3.05) is 6.61 Å². The van der Waals surface area contributed by atoms with Gasteiger partial charge in [-0.25, -0.2) is 0 Å². The highest BCUT2D eigenvalue weighted by Crippen LogP contribution is 2.48. The number of rotatable bonds is 3.